The molecule has 0 fully saturated rings. The summed E-state index contributed by atoms with van der Waals surface area (Å²) in [6, 6.07) is 5.25. The Hall–Kier alpha value is -1.11. The molecule has 0 aliphatic heterocycles. The number of sulfonamides is 1. The molecule has 0 heterocycles. The van der Waals surface area contributed by atoms with Gasteiger partial charge in [0.05, 0.1) is 4.90 Å². The van der Waals surface area contributed by atoms with Crippen LogP contribution in [0.4, 0.5) is 5.69 Å². The maximum absolute atomic E-state index is 12.2. The molecule has 0 amide bonds. The number of nitrogens with zero attached hydrogens (tertiary/aromatic N) is 1. The van der Waals surface area contributed by atoms with Gasteiger partial charge >= 0.3 is 0 Å². The smallest absolute Gasteiger partial charge is 0.240 e. The van der Waals surface area contributed by atoms with E-state index in [0.29, 0.717) is 11.4 Å². The second-order valence-corrected chi connectivity index (χ2v) is 6.65. The Morgan fingerprint density at radius 1 is 1.32 bits per heavy atom. The summed E-state index contributed by atoms with van der Waals surface area (Å²) >= 11 is 0. The number of likely N-dealkylation sites (N-methyl/N-ethyl adjacent to an activating group) is 1. The number of hydrogen-bond donors (Lipinski definition) is 2. The first-order chi connectivity index (χ1) is 8.77. The molecule has 2 N–H and O–H groups in total. The van der Waals surface area contributed by atoms with E-state index in [1.165, 1.54) is 0 Å². The zero-order chi connectivity index (χ0) is 14.6. The summed E-state index contributed by atoms with van der Waals surface area (Å²) in [4.78, 5) is 2.20. The number of aryl methyl sites for hydroxylation is 1. The van der Waals surface area contributed by atoms with Gasteiger partial charge in [0.2, 0.25) is 10.0 Å². The third-order valence-electron chi connectivity index (χ3n) is 3.05. The molecule has 6 heteroatoms. The lowest BCUT2D eigenvalue weighted by molar-refractivity contribution is 0.554. The van der Waals surface area contributed by atoms with E-state index in [1.807, 2.05) is 38.9 Å². The van der Waals surface area contributed by atoms with Crippen LogP contribution in [0.25, 0.3) is 0 Å². The Morgan fingerprint density at radius 2 is 1.95 bits per heavy atom. The van der Waals surface area contributed by atoms with Gasteiger partial charge in [-0.3, -0.25) is 0 Å². The Morgan fingerprint density at radius 3 is 2.47 bits per heavy atom. The summed E-state index contributed by atoms with van der Waals surface area (Å²) in [6.45, 7) is 4.25. The van der Waals surface area contributed by atoms with Crippen LogP contribution in [0.3, 0.4) is 0 Å². The molecule has 0 spiro atoms. The van der Waals surface area contributed by atoms with Crippen molar-refractivity contribution in [2.24, 2.45) is 0 Å². The molecule has 0 aliphatic carbocycles. The van der Waals surface area contributed by atoms with Gasteiger partial charge in [0.1, 0.15) is 0 Å². The van der Waals surface area contributed by atoms with Crippen LogP contribution in [-0.4, -0.2) is 42.1 Å². The molecule has 1 atom stereocenters. The minimum atomic E-state index is -3.45. The van der Waals surface area contributed by atoms with Crippen LogP contribution in [-0.2, 0) is 10.0 Å². The second-order valence-electron chi connectivity index (χ2n) is 4.88. The van der Waals surface area contributed by atoms with Gasteiger partial charge in [-0.05, 0) is 38.6 Å². The summed E-state index contributed by atoms with van der Waals surface area (Å²) in [5.74, 6) is 0. The lowest BCUT2D eigenvalue weighted by Gasteiger charge is -2.17. The monoisotopic (exact) mass is 285 g/mol. The third kappa shape index (κ3) is 4.19. The number of benzene rings is 1. The van der Waals surface area contributed by atoms with E-state index in [1.54, 1.807) is 19.2 Å². The van der Waals surface area contributed by atoms with Crippen molar-refractivity contribution < 1.29 is 8.42 Å². The highest BCUT2D eigenvalue weighted by molar-refractivity contribution is 7.89. The van der Waals surface area contributed by atoms with Crippen LogP contribution in [0.5, 0.6) is 0 Å². The van der Waals surface area contributed by atoms with Crippen LogP contribution >= 0.6 is 0 Å². The number of nitrogens with one attached hydrogen (secondary N) is 2. The van der Waals surface area contributed by atoms with Crippen LogP contribution in [0.1, 0.15) is 12.5 Å². The molecule has 5 nitrogen and oxygen atoms in total. The van der Waals surface area contributed by atoms with E-state index in [4.69, 9.17) is 0 Å². The minimum Gasteiger partial charge on any atom is -0.377 e. The molecule has 0 saturated carbocycles. The van der Waals surface area contributed by atoms with E-state index < -0.39 is 10.0 Å². The lowest BCUT2D eigenvalue weighted by atomic mass is 10.2. The second kappa shape index (κ2) is 6.36. The van der Waals surface area contributed by atoms with Crippen molar-refractivity contribution >= 4 is 15.7 Å². The Bertz CT molecular complexity index is 527. The summed E-state index contributed by atoms with van der Waals surface area (Å²) < 4.78 is 27.0. The summed E-state index contributed by atoms with van der Waals surface area (Å²) in [7, 11) is 2.14. The van der Waals surface area contributed by atoms with E-state index in [2.05, 4.69) is 10.0 Å². The molecule has 1 aromatic rings. The van der Waals surface area contributed by atoms with Gasteiger partial charge in [-0.15, -0.1) is 0 Å². The summed E-state index contributed by atoms with van der Waals surface area (Å²) in [6.07, 6.45) is 0. The van der Waals surface area contributed by atoms with E-state index in [0.717, 1.165) is 11.3 Å². The molecule has 1 aromatic carbocycles. The maximum Gasteiger partial charge on any atom is 0.240 e. The van der Waals surface area contributed by atoms with Gasteiger partial charge < -0.3 is 10.2 Å². The first-order valence-corrected chi connectivity index (χ1v) is 7.71. The highest BCUT2D eigenvalue weighted by Crippen LogP contribution is 2.22. The van der Waals surface area contributed by atoms with Gasteiger partial charge in [0.15, 0.2) is 0 Å². The molecule has 0 aromatic heterocycles. The normalized spacial score (nSPS) is 13.3. The third-order valence-corrected chi connectivity index (χ3v) is 4.47. The van der Waals surface area contributed by atoms with Crippen molar-refractivity contribution in [1.82, 2.24) is 10.0 Å². The Balaban J connectivity index is 2.99. The van der Waals surface area contributed by atoms with Gasteiger partial charge in [-0.25, -0.2) is 13.1 Å². The predicted octanol–water partition coefficient (Wildman–Crippen LogP) is 0.947. The van der Waals surface area contributed by atoms with Crippen molar-refractivity contribution in [3.05, 3.63) is 23.8 Å². The van der Waals surface area contributed by atoms with Crippen LogP contribution in [0.2, 0.25) is 0 Å². The molecule has 0 bridgehead atoms. The zero-order valence-electron chi connectivity index (χ0n) is 12.2. The molecule has 0 saturated heterocycles. The first-order valence-electron chi connectivity index (χ1n) is 6.23. The van der Waals surface area contributed by atoms with E-state index in [9.17, 15) is 8.42 Å². The predicted molar refractivity (Wildman–Crippen MR) is 79.2 cm³/mol. The topological polar surface area (TPSA) is 61.4 Å². The fourth-order valence-corrected chi connectivity index (χ4v) is 2.81. The van der Waals surface area contributed by atoms with Crippen LogP contribution in [0, 0.1) is 6.92 Å². The number of rotatable bonds is 6. The molecule has 0 aliphatic rings. The molecule has 0 radical (unpaired) electrons. The number of anilines is 1. The van der Waals surface area contributed by atoms with Crippen LogP contribution in [0.15, 0.2) is 23.1 Å². The van der Waals surface area contributed by atoms with Crippen LogP contribution < -0.4 is 14.9 Å². The largest absolute Gasteiger partial charge is 0.377 e. The minimum absolute atomic E-state index is 0.0912. The molecular formula is C13H23N3O2S. The standard InChI is InChI=1S/C13H23N3O2S/c1-10-6-7-12(8-13(10)16(4)5)19(17,18)15-9-11(2)14-3/h6-8,11,14-15H,9H2,1-5H3. The number of hydrogen-bond acceptors (Lipinski definition) is 4. The SMILES string of the molecule is CNC(C)CNS(=O)(=O)c1ccc(C)c(N(C)C)c1. The Labute approximate surface area is 116 Å². The van der Waals surface area contributed by atoms with Gasteiger partial charge in [-0.2, -0.15) is 0 Å². The highest BCUT2D eigenvalue weighted by atomic mass is 32.2. The quantitative estimate of drug-likeness (QED) is 0.817. The molecular weight excluding hydrogens is 262 g/mol. The maximum atomic E-state index is 12.2. The van der Waals surface area contributed by atoms with Crippen molar-refractivity contribution in [1.29, 1.82) is 0 Å². The highest BCUT2D eigenvalue weighted by Gasteiger charge is 2.16. The van der Waals surface area contributed by atoms with E-state index >= 15 is 0 Å². The summed E-state index contributed by atoms with van der Waals surface area (Å²) in [5.41, 5.74) is 1.96. The zero-order valence-corrected chi connectivity index (χ0v) is 13.0. The molecule has 1 unspecified atom stereocenters. The van der Waals surface area contributed by atoms with Crippen molar-refractivity contribution in [2.75, 3.05) is 32.6 Å². The fourth-order valence-electron chi connectivity index (χ4n) is 1.66. The fraction of sp³-hybridized carbons (Fsp3) is 0.538. The first kappa shape index (κ1) is 15.9. The summed E-state index contributed by atoms with van der Waals surface area (Å²) in [5, 5.41) is 2.99. The van der Waals surface area contributed by atoms with Crippen molar-refractivity contribution in [3.63, 3.8) is 0 Å². The Kier molecular flexibility index (Phi) is 5.34. The average Bonchev–Trinajstić information content (AvgIpc) is 2.35. The van der Waals surface area contributed by atoms with Crippen molar-refractivity contribution in [3.8, 4) is 0 Å². The van der Waals surface area contributed by atoms with Gasteiger partial charge in [-0.1, -0.05) is 6.07 Å². The van der Waals surface area contributed by atoms with E-state index in [-0.39, 0.29) is 6.04 Å². The molecule has 19 heavy (non-hydrogen) atoms. The van der Waals surface area contributed by atoms with Gasteiger partial charge in [0, 0.05) is 32.4 Å². The average molecular weight is 285 g/mol. The molecule has 108 valence electrons. The van der Waals surface area contributed by atoms with Gasteiger partial charge in [0.25, 0.3) is 0 Å². The lowest BCUT2D eigenvalue weighted by Crippen LogP contribution is -2.37. The van der Waals surface area contributed by atoms with Crippen molar-refractivity contribution in [2.45, 2.75) is 24.8 Å². The molecule has 1 rings (SSSR count).